The van der Waals surface area contributed by atoms with Crippen LogP contribution in [0.4, 0.5) is 0 Å². The number of rotatable bonds is 8. The van der Waals surface area contributed by atoms with E-state index in [4.69, 9.17) is 25.2 Å². The first-order valence-electron chi connectivity index (χ1n) is 4.43. The standard InChI is InChI=1S/C8H14O8/c9-1-2-15-5(3-10)7(8(13)14)16-6(12)4-11/h5,7,9-11H,1-4H2,(H,13,14). The summed E-state index contributed by atoms with van der Waals surface area (Å²) in [4.78, 5) is 21.4. The van der Waals surface area contributed by atoms with Crippen LogP contribution in [0, 0.1) is 0 Å². The molecule has 94 valence electrons. The molecule has 0 spiro atoms. The lowest BCUT2D eigenvalue weighted by Crippen LogP contribution is -2.43. The zero-order valence-electron chi connectivity index (χ0n) is 8.40. The largest absolute Gasteiger partial charge is 0.478 e. The van der Waals surface area contributed by atoms with E-state index in [1.54, 1.807) is 0 Å². The van der Waals surface area contributed by atoms with Gasteiger partial charge in [0.25, 0.3) is 0 Å². The number of hydrogen-bond acceptors (Lipinski definition) is 7. The Hall–Kier alpha value is -1.22. The van der Waals surface area contributed by atoms with Gasteiger partial charge >= 0.3 is 11.9 Å². The van der Waals surface area contributed by atoms with Crippen LogP contribution >= 0.6 is 0 Å². The smallest absolute Gasteiger partial charge is 0.347 e. The van der Waals surface area contributed by atoms with Crippen molar-refractivity contribution in [3.05, 3.63) is 0 Å². The summed E-state index contributed by atoms with van der Waals surface area (Å²) in [5.41, 5.74) is 0. The molecule has 0 rings (SSSR count). The average Bonchev–Trinajstić information content (AvgIpc) is 2.27. The molecule has 16 heavy (non-hydrogen) atoms. The lowest BCUT2D eigenvalue weighted by atomic mass is 10.2. The normalized spacial score (nSPS) is 14.2. The SMILES string of the molecule is O=C(CO)OC(C(=O)O)C(CO)OCCO. The molecular formula is C8H14O8. The van der Waals surface area contributed by atoms with E-state index in [-0.39, 0.29) is 13.2 Å². The number of esters is 1. The number of carboxylic acid groups (broad SMARTS) is 1. The Kier molecular flexibility index (Phi) is 7.38. The summed E-state index contributed by atoms with van der Waals surface area (Å²) in [6, 6.07) is 0. The van der Waals surface area contributed by atoms with Gasteiger partial charge in [0.2, 0.25) is 6.10 Å². The Balaban J connectivity index is 4.46. The van der Waals surface area contributed by atoms with Gasteiger partial charge in [-0.2, -0.15) is 0 Å². The van der Waals surface area contributed by atoms with E-state index < -0.39 is 37.4 Å². The molecule has 0 aromatic heterocycles. The van der Waals surface area contributed by atoms with Gasteiger partial charge < -0.3 is 29.9 Å². The van der Waals surface area contributed by atoms with Gasteiger partial charge in [0.1, 0.15) is 12.7 Å². The van der Waals surface area contributed by atoms with E-state index in [1.165, 1.54) is 0 Å². The van der Waals surface area contributed by atoms with Crippen LogP contribution in [0.5, 0.6) is 0 Å². The fraction of sp³-hybridized carbons (Fsp3) is 0.750. The lowest BCUT2D eigenvalue weighted by Gasteiger charge is -2.21. The first-order valence-corrected chi connectivity index (χ1v) is 4.43. The molecular weight excluding hydrogens is 224 g/mol. The van der Waals surface area contributed by atoms with Gasteiger partial charge in [0.05, 0.1) is 19.8 Å². The fourth-order valence-electron chi connectivity index (χ4n) is 0.904. The van der Waals surface area contributed by atoms with Crippen molar-refractivity contribution in [1.82, 2.24) is 0 Å². The third kappa shape index (κ3) is 5.03. The first kappa shape index (κ1) is 14.8. The van der Waals surface area contributed by atoms with Gasteiger partial charge in [0, 0.05) is 0 Å². The summed E-state index contributed by atoms with van der Waals surface area (Å²) in [7, 11) is 0. The van der Waals surface area contributed by atoms with Crippen LogP contribution in [0.3, 0.4) is 0 Å². The van der Waals surface area contributed by atoms with Crippen LogP contribution in [0.1, 0.15) is 0 Å². The van der Waals surface area contributed by atoms with E-state index in [0.717, 1.165) is 0 Å². The maximum atomic E-state index is 10.7. The summed E-state index contributed by atoms with van der Waals surface area (Å²) in [6.07, 6.45) is -3.02. The first-order chi connectivity index (χ1) is 7.56. The Morgan fingerprint density at radius 1 is 1.19 bits per heavy atom. The number of carbonyl (C=O) groups is 2. The Labute approximate surface area is 91.0 Å². The van der Waals surface area contributed by atoms with E-state index in [2.05, 4.69) is 4.74 Å². The fourth-order valence-corrected chi connectivity index (χ4v) is 0.904. The monoisotopic (exact) mass is 238 g/mol. The molecule has 0 heterocycles. The van der Waals surface area contributed by atoms with Crippen molar-refractivity contribution in [1.29, 1.82) is 0 Å². The van der Waals surface area contributed by atoms with E-state index in [0.29, 0.717) is 0 Å². The number of aliphatic carboxylic acids is 1. The molecule has 0 aromatic carbocycles. The van der Waals surface area contributed by atoms with Crippen LogP contribution in [0.15, 0.2) is 0 Å². The zero-order valence-corrected chi connectivity index (χ0v) is 8.40. The second-order valence-corrected chi connectivity index (χ2v) is 2.72. The quantitative estimate of drug-likeness (QED) is 0.337. The summed E-state index contributed by atoms with van der Waals surface area (Å²) in [5.74, 6) is -2.66. The molecule has 8 nitrogen and oxygen atoms in total. The number of carbonyl (C=O) groups excluding carboxylic acids is 1. The highest BCUT2D eigenvalue weighted by atomic mass is 16.6. The van der Waals surface area contributed by atoms with Crippen molar-refractivity contribution in [3.8, 4) is 0 Å². The molecule has 0 bridgehead atoms. The third-order valence-corrected chi connectivity index (χ3v) is 1.57. The van der Waals surface area contributed by atoms with Gasteiger partial charge in [-0.1, -0.05) is 0 Å². The topological polar surface area (TPSA) is 134 Å². The average molecular weight is 238 g/mol. The van der Waals surface area contributed by atoms with Gasteiger partial charge in [-0.05, 0) is 0 Å². The van der Waals surface area contributed by atoms with Crippen molar-refractivity contribution in [2.45, 2.75) is 12.2 Å². The Morgan fingerprint density at radius 3 is 2.19 bits per heavy atom. The number of aliphatic hydroxyl groups excluding tert-OH is 3. The molecule has 0 saturated carbocycles. The zero-order chi connectivity index (χ0) is 12.6. The molecule has 0 saturated heterocycles. The van der Waals surface area contributed by atoms with Crippen molar-refractivity contribution >= 4 is 11.9 Å². The molecule has 0 fully saturated rings. The highest BCUT2D eigenvalue weighted by molar-refractivity contribution is 5.79. The Bertz CT molecular complexity index is 228. The summed E-state index contributed by atoms with van der Waals surface area (Å²) in [5, 5.41) is 34.4. The lowest BCUT2D eigenvalue weighted by molar-refractivity contribution is -0.179. The van der Waals surface area contributed by atoms with Gasteiger partial charge in [0.15, 0.2) is 0 Å². The number of aliphatic hydroxyl groups is 3. The van der Waals surface area contributed by atoms with Crippen molar-refractivity contribution in [2.75, 3.05) is 26.4 Å². The van der Waals surface area contributed by atoms with Crippen molar-refractivity contribution < 1.29 is 39.5 Å². The molecule has 0 aromatic rings. The maximum Gasteiger partial charge on any atom is 0.347 e. The summed E-state index contributed by atoms with van der Waals surface area (Å²) >= 11 is 0. The highest BCUT2D eigenvalue weighted by Gasteiger charge is 2.32. The third-order valence-electron chi connectivity index (χ3n) is 1.57. The molecule has 2 atom stereocenters. The van der Waals surface area contributed by atoms with Crippen LogP contribution < -0.4 is 0 Å². The minimum absolute atomic E-state index is 0.203. The number of hydrogen-bond donors (Lipinski definition) is 4. The van der Waals surface area contributed by atoms with E-state index in [1.807, 2.05) is 0 Å². The maximum absolute atomic E-state index is 10.7. The molecule has 8 heteroatoms. The minimum Gasteiger partial charge on any atom is -0.478 e. The van der Waals surface area contributed by atoms with Gasteiger partial charge in [-0.3, -0.25) is 0 Å². The molecule has 0 aliphatic carbocycles. The predicted molar refractivity (Wildman–Crippen MR) is 48.5 cm³/mol. The van der Waals surface area contributed by atoms with Crippen molar-refractivity contribution in [3.63, 3.8) is 0 Å². The van der Waals surface area contributed by atoms with Gasteiger partial charge in [-0.25, -0.2) is 9.59 Å². The minimum atomic E-state index is -1.73. The van der Waals surface area contributed by atoms with Gasteiger partial charge in [-0.15, -0.1) is 0 Å². The number of carboxylic acids is 1. The van der Waals surface area contributed by atoms with E-state index in [9.17, 15) is 9.59 Å². The van der Waals surface area contributed by atoms with Crippen molar-refractivity contribution in [2.24, 2.45) is 0 Å². The van der Waals surface area contributed by atoms with E-state index >= 15 is 0 Å². The highest BCUT2D eigenvalue weighted by Crippen LogP contribution is 2.05. The molecule has 4 N–H and O–H groups in total. The Morgan fingerprint density at radius 2 is 1.81 bits per heavy atom. The molecule has 0 amide bonds. The molecule has 0 radical (unpaired) electrons. The summed E-state index contributed by atoms with van der Waals surface area (Å²) in [6.45, 7) is -2.24. The second kappa shape index (κ2) is 7.99. The van der Waals surface area contributed by atoms with Crippen LogP contribution in [-0.2, 0) is 19.1 Å². The van der Waals surface area contributed by atoms with Crippen LogP contribution in [-0.4, -0.2) is 71.0 Å². The molecule has 0 aliphatic heterocycles. The molecule has 0 aliphatic rings. The molecule has 2 unspecified atom stereocenters. The van der Waals surface area contributed by atoms with Crippen LogP contribution in [0.2, 0.25) is 0 Å². The predicted octanol–water partition coefficient (Wildman–Crippen LogP) is -2.66. The number of ether oxygens (including phenoxy) is 2. The van der Waals surface area contributed by atoms with Crippen LogP contribution in [0.25, 0.3) is 0 Å². The second-order valence-electron chi connectivity index (χ2n) is 2.72. The summed E-state index contributed by atoms with van der Waals surface area (Å²) < 4.78 is 9.13.